The third-order valence-electron chi connectivity index (χ3n) is 4.13. The molecule has 7 nitrogen and oxygen atoms in total. The molecule has 3 rings (SSSR count). The quantitative estimate of drug-likeness (QED) is 0.585. The number of sulfonamides is 1. The van der Waals surface area contributed by atoms with Gasteiger partial charge in [-0.2, -0.15) is 0 Å². The normalized spacial score (nSPS) is 11.3. The number of amides is 1. The molecule has 152 valence electrons. The highest BCUT2D eigenvalue weighted by molar-refractivity contribution is 7.90. The fraction of sp³-hybridized carbons (Fsp3) is 0.158. The van der Waals surface area contributed by atoms with E-state index in [9.17, 15) is 13.2 Å². The van der Waals surface area contributed by atoms with E-state index >= 15 is 0 Å². The Morgan fingerprint density at radius 3 is 2.55 bits per heavy atom. The lowest BCUT2D eigenvalue weighted by molar-refractivity contribution is 0.0976. The summed E-state index contributed by atoms with van der Waals surface area (Å²) in [7, 11) is -2.86. The largest absolute Gasteiger partial charge is 0.497 e. The number of hydrogen-bond donors (Lipinski definition) is 2. The molecule has 1 heterocycles. The average molecular weight is 454 g/mol. The number of ether oxygens (including phenoxy) is 1. The summed E-state index contributed by atoms with van der Waals surface area (Å²) < 4.78 is 32.5. The number of halogens is 2. The summed E-state index contributed by atoms with van der Waals surface area (Å²) in [6.45, 7) is 1.81. The molecule has 1 aromatic heterocycles. The number of aromatic amines is 1. The number of aryl methyl sites for hydroxylation is 1. The van der Waals surface area contributed by atoms with Crippen LogP contribution in [0.2, 0.25) is 10.0 Å². The predicted octanol–water partition coefficient (Wildman–Crippen LogP) is 4.07. The zero-order valence-electron chi connectivity index (χ0n) is 15.5. The zero-order chi connectivity index (χ0) is 21.2. The van der Waals surface area contributed by atoms with Gasteiger partial charge in [0, 0.05) is 17.3 Å². The first-order valence-corrected chi connectivity index (χ1v) is 10.7. The predicted molar refractivity (Wildman–Crippen MR) is 111 cm³/mol. The van der Waals surface area contributed by atoms with E-state index in [2.05, 4.69) is 9.97 Å². The highest BCUT2D eigenvalue weighted by Crippen LogP contribution is 2.28. The van der Waals surface area contributed by atoms with E-state index in [0.29, 0.717) is 28.5 Å². The lowest BCUT2D eigenvalue weighted by atomic mass is 10.2. The number of rotatable bonds is 6. The molecular formula is C19H17Cl2N3O4S. The molecule has 0 aliphatic rings. The minimum absolute atomic E-state index is 0.0370. The molecular weight excluding hydrogens is 437 g/mol. The second-order valence-corrected chi connectivity index (χ2v) is 8.44. The highest BCUT2D eigenvalue weighted by Gasteiger charge is 2.26. The summed E-state index contributed by atoms with van der Waals surface area (Å²) >= 11 is 12.2. The minimum Gasteiger partial charge on any atom is -0.497 e. The molecule has 0 saturated carbocycles. The molecule has 0 saturated heterocycles. The first kappa shape index (κ1) is 21.2. The summed E-state index contributed by atoms with van der Waals surface area (Å²) in [5, 5.41) is 0.409. The van der Waals surface area contributed by atoms with Gasteiger partial charge in [-0.25, -0.2) is 18.1 Å². The maximum absolute atomic E-state index is 12.7. The van der Waals surface area contributed by atoms with Crippen LogP contribution >= 0.6 is 23.2 Å². The summed E-state index contributed by atoms with van der Waals surface area (Å²) in [6, 6.07) is 11.1. The lowest BCUT2D eigenvalue weighted by Crippen LogP contribution is -2.31. The van der Waals surface area contributed by atoms with Gasteiger partial charge in [0.2, 0.25) is 0 Å². The molecule has 0 radical (unpaired) electrons. The van der Waals surface area contributed by atoms with Crippen molar-refractivity contribution < 1.29 is 17.9 Å². The maximum atomic E-state index is 12.7. The monoisotopic (exact) mass is 453 g/mol. The van der Waals surface area contributed by atoms with Crippen molar-refractivity contribution in [2.75, 3.05) is 7.11 Å². The molecule has 0 unspecified atom stereocenters. The smallest absolute Gasteiger partial charge is 0.285 e. The van der Waals surface area contributed by atoms with Gasteiger partial charge in [0.1, 0.15) is 16.5 Å². The van der Waals surface area contributed by atoms with Crippen LogP contribution in [0.15, 0.2) is 47.4 Å². The second-order valence-electron chi connectivity index (χ2n) is 5.98. The molecule has 2 N–H and O–H groups in total. The summed E-state index contributed by atoms with van der Waals surface area (Å²) in [4.78, 5) is 19.8. The number of H-pyrrole nitrogens is 1. The Labute approximate surface area is 178 Å². The van der Waals surface area contributed by atoms with E-state index in [1.54, 1.807) is 24.3 Å². The Balaban J connectivity index is 1.96. The Morgan fingerprint density at radius 1 is 1.17 bits per heavy atom. The third kappa shape index (κ3) is 4.39. The molecule has 2 aromatic carbocycles. The van der Waals surface area contributed by atoms with Gasteiger partial charge in [0.15, 0.2) is 5.69 Å². The van der Waals surface area contributed by atoms with Gasteiger partial charge in [0.05, 0.1) is 17.2 Å². The average Bonchev–Trinajstić information content (AvgIpc) is 3.12. The molecule has 29 heavy (non-hydrogen) atoms. The van der Waals surface area contributed by atoms with Crippen LogP contribution in [0.4, 0.5) is 0 Å². The van der Waals surface area contributed by atoms with Crippen LogP contribution in [0, 0.1) is 0 Å². The standard InChI is InChI=1S/C19H17Cl2N3O4S/c1-3-15-17(23-18(22-15)12-6-4-5-7-13(12)20)19(25)24-29(26,27)16-10-11(28-2)8-9-14(16)21/h4-10H,3H2,1-2H3,(H,22,23)(H,24,25). The maximum Gasteiger partial charge on any atom is 0.285 e. The molecule has 0 atom stereocenters. The van der Waals surface area contributed by atoms with E-state index in [4.69, 9.17) is 27.9 Å². The van der Waals surface area contributed by atoms with Crippen molar-refractivity contribution >= 4 is 39.1 Å². The first-order chi connectivity index (χ1) is 13.8. The van der Waals surface area contributed by atoms with Crippen LogP contribution in [-0.4, -0.2) is 31.4 Å². The van der Waals surface area contributed by atoms with Gasteiger partial charge >= 0.3 is 0 Å². The van der Waals surface area contributed by atoms with Crippen molar-refractivity contribution in [3.05, 3.63) is 63.9 Å². The summed E-state index contributed by atoms with van der Waals surface area (Å²) in [6.07, 6.45) is 0.431. The number of nitrogens with zero attached hydrogens (tertiary/aromatic N) is 1. The van der Waals surface area contributed by atoms with Crippen LogP contribution in [0.3, 0.4) is 0 Å². The van der Waals surface area contributed by atoms with Crippen LogP contribution in [-0.2, 0) is 16.4 Å². The Hall–Kier alpha value is -2.55. The fourth-order valence-electron chi connectivity index (χ4n) is 2.68. The van der Waals surface area contributed by atoms with E-state index in [1.165, 1.54) is 25.3 Å². The van der Waals surface area contributed by atoms with Crippen LogP contribution in [0.25, 0.3) is 11.4 Å². The van der Waals surface area contributed by atoms with Crippen LogP contribution < -0.4 is 9.46 Å². The topological polar surface area (TPSA) is 101 Å². The molecule has 0 bridgehead atoms. The second kappa shape index (κ2) is 8.44. The van der Waals surface area contributed by atoms with Crippen molar-refractivity contribution in [3.63, 3.8) is 0 Å². The number of methoxy groups -OCH3 is 1. The first-order valence-electron chi connectivity index (χ1n) is 8.51. The molecule has 3 aromatic rings. The SMILES string of the molecule is CCc1[nH]c(-c2ccccc2Cl)nc1C(=O)NS(=O)(=O)c1cc(OC)ccc1Cl. The number of carbonyl (C=O) groups is 1. The van der Waals surface area contributed by atoms with E-state index < -0.39 is 15.9 Å². The van der Waals surface area contributed by atoms with Crippen LogP contribution in [0.5, 0.6) is 5.75 Å². The number of nitrogens with one attached hydrogen (secondary N) is 2. The number of benzene rings is 2. The molecule has 0 aliphatic heterocycles. The summed E-state index contributed by atoms with van der Waals surface area (Å²) in [5.74, 6) is -0.220. The van der Waals surface area contributed by atoms with Gasteiger partial charge in [-0.05, 0) is 30.7 Å². The number of carbonyl (C=O) groups excluding carboxylic acids is 1. The van der Waals surface area contributed by atoms with E-state index in [0.717, 1.165) is 0 Å². The Kier molecular flexibility index (Phi) is 6.16. The van der Waals surface area contributed by atoms with Gasteiger partial charge in [-0.15, -0.1) is 0 Å². The molecule has 1 amide bonds. The number of hydrogen-bond acceptors (Lipinski definition) is 5. The Morgan fingerprint density at radius 2 is 1.90 bits per heavy atom. The van der Waals surface area contributed by atoms with Crippen molar-refractivity contribution in [1.82, 2.24) is 14.7 Å². The number of imidazole rings is 1. The molecule has 0 fully saturated rings. The van der Waals surface area contributed by atoms with Gasteiger partial charge < -0.3 is 9.72 Å². The van der Waals surface area contributed by atoms with Crippen molar-refractivity contribution in [2.24, 2.45) is 0 Å². The van der Waals surface area contributed by atoms with Crippen molar-refractivity contribution in [3.8, 4) is 17.1 Å². The summed E-state index contributed by atoms with van der Waals surface area (Å²) in [5.41, 5.74) is 1.04. The van der Waals surface area contributed by atoms with Crippen molar-refractivity contribution in [2.45, 2.75) is 18.2 Å². The zero-order valence-corrected chi connectivity index (χ0v) is 17.8. The molecule has 0 aliphatic carbocycles. The van der Waals surface area contributed by atoms with E-state index in [-0.39, 0.29) is 21.4 Å². The van der Waals surface area contributed by atoms with E-state index in [1.807, 2.05) is 11.6 Å². The van der Waals surface area contributed by atoms with Gasteiger partial charge in [-0.3, -0.25) is 4.79 Å². The highest BCUT2D eigenvalue weighted by atomic mass is 35.5. The van der Waals surface area contributed by atoms with Gasteiger partial charge in [-0.1, -0.05) is 42.3 Å². The fourth-order valence-corrected chi connectivity index (χ4v) is 4.37. The lowest BCUT2D eigenvalue weighted by Gasteiger charge is -2.09. The molecule has 0 spiro atoms. The van der Waals surface area contributed by atoms with Crippen molar-refractivity contribution in [1.29, 1.82) is 0 Å². The molecule has 10 heteroatoms. The third-order valence-corrected chi connectivity index (χ3v) is 6.27. The van der Waals surface area contributed by atoms with Gasteiger partial charge in [0.25, 0.3) is 15.9 Å². The number of aromatic nitrogens is 2. The minimum atomic E-state index is -4.25. The Bertz CT molecular complexity index is 1180. The van der Waals surface area contributed by atoms with Crippen LogP contribution in [0.1, 0.15) is 23.1 Å².